The minimum absolute atomic E-state index is 0.0667. The van der Waals surface area contributed by atoms with Crippen molar-refractivity contribution in [1.29, 1.82) is 0 Å². The standard InChI is InChI=1S/C17H19N3O4/c1-17(2,3)24-16(23)20-8-10-5-4-6-18-13(10)11-7-19-14(15(21)22)12(11)9-20/h4-7,19H,8-9H2,1-3H3,(H,21,22). The number of carbonyl (C=O) groups excluding carboxylic acids is 1. The third-order valence-electron chi connectivity index (χ3n) is 3.71. The van der Waals surface area contributed by atoms with Crippen LogP contribution in [0.25, 0.3) is 11.3 Å². The Labute approximate surface area is 139 Å². The smallest absolute Gasteiger partial charge is 0.410 e. The first-order valence-electron chi connectivity index (χ1n) is 7.62. The predicted molar refractivity (Wildman–Crippen MR) is 86.5 cm³/mol. The van der Waals surface area contributed by atoms with E-state index in [0.717, 1.165) is 5.56 Å². The summed E-state index contributed by atoms with van der Waals surface area (Å²) in [7, 11) is 0. The van der Waals surface area contributed by atoms with Gasteiger partial charge in [-0.15, -0.1) is 0 Å². The summed E-state index contributed by atoms with van der Waals surface area (Å²) in [5.74, 6) is -1.07. The monoisotopic (exact) mass is 329 g/mol. The zero-order valence-corrected chi connectivity index (χ0v) is 13.8. The molecule has 0 fully saturated rings. The van der Waals surface area contributed by atoms with E-state index in [1.807, 2.05) is 6.07 Å². The number of fused-ring (bicyclic) bond motifs is 3. The molecular weight excluding hydrogens is 310 g/mol. The summed E-state index contributed by atoms with van der Waals surface area (Å²) in [6.07, 6.45) is 2.80. The SMILES string of the molecule is CC(C)(C)OC(=O)N1Cc2cccnc2-c2c[nH]c(C(=O)O)c2C1. The maximum absolute atomic E-state index is 12.5. The average Bonchev–Trinajstić information content (AvgIpc) is 2.82. The number of nitrogens with zero attached hydrogens (tertiary/aromatic N) is 2. The fourth-order valence-corrected chi connectivity index (χ4v) is 2.74. The maximum Gasteiger partial charge on any atom is 0.410 e. The number of carbonyl (C=O) groups is 2. The summed E-state index contributed by atoms with van der Waals surface area (Å²) < 4.78 is 5.45. The van der Waals surface area contributed by atoms with E-state index in [0.29, 0.717) is 23.4 Å². The number of ether oxygens (including phenoxy) is 1. The van der Waals surface area contributed by atoms with Crippen LogP contribution in [-0.2, 0) is 17.8 Å². The number of rotatable bonds is 1. The summed E-state index contributed by atoms with van der Waals surface area (Å²) in [4.78, 5) is 32.6. The number of carboxylic acids is 1. The van der Waals surface area contributed by atoms with E-state index in [-0.39, 0.29) is 12.2 Å². The van der Waals surface area contributed by atoms with E-state index in [9.17, 15) is 14.7 Å². The lowest BCUT2D eigenvalue weighted by Crippen LogP contribution is -2.36. The molecule has 7 heteroatoms. The third kappa shape index (κ3) is 2.97. The Morgan fingerprint density at radius 2 is 2.08 bits per heavy atom. The summed E-state index contributed by atoms with van der Waals surface area (Å²) >= 11 is 0. The Balaban J connectivity index is 2.07. The van der Waals surface area contributed by atoms with Gasteiger partial charge in [0.2, 0.25) is 0 Å². The molecule has 0 bridgehead atoms. The Kier molecular flexibility index (Phi) is 3.79. The molecular formula is C17H19N3O4. The number of H-pyrrole nitrogens is 1. The first-order chi connectivity index (χ1) is 11.3. The van der Waals surface area contributed by atoms with Crippen molar-refractivity contribution < 1.29 is 19.4 Å². The molecule has 1 amide bonds. The normalized spacial score (nSPS) is 13.7. The fourth-order valence-electron chi connectivity index (χ4n) is 2.74. The average molecular weight is 329 g/mol. The third-order valence-corrected chi connectivity index (χ3v) is 3.71. The Hall–Kier alpha value is -2.83. The van der Waals surface area contributed by atoms with Crippen molar-refractivity contribution in [2.24, 2.45) is 0 Å². The minimum atomic E-state index is -1.07. The number of carboxylic acid groups (broad SMARTS) is 1. The van der Waals surface area contributed by atoms with E-state index in [2.05, 4.69) is 9.97 Å². The van der Waals surface area contributed by atoms with E-state index >= 15 is 0 Å². The van der Waals surface area contributed by atoms with Gasteiger partial charge in [0, 0.05) is 23.5 Å². The first kappa shape index (κ1) is 16.0. The van der Waals surface area contributed by atoms with Crippen LogP contribution in [0.3, 0.4) is 0 Å². The molecule has 0 saturated carbocycles. The molecule has 0 atom stereocenters. The molecule has 3 heterocycles. The number of aromatic nitrogens is 2. The molecule has 0 radical (unpaired) electrons. The van der Waals surface area contributed by atoms with Crippen LogP contribution in [0.4, 0.5) is 4.79 Å². The lowest BCUT2D eigenvalue weighted by molar-refractivity contribution is 0.0217. The molecule has 126 valence electrons. The van der Waals surface area contributed by atoms with Gasteiger partial charge in [0.05, 0.1) is 18.8 Å². The second-order valence-corrected chi connectivity index (χ2v) is 6.71. The molecule has 0 spiro atoms. The molecule has 1 aliphatic rings. The van der Waals surface area contributed by atoms with E-state index in [1.165, 1.54) is 4.90 Å². The summed E-state index contributed by atoms with van der Waals surface area (Å²) in [5, 5.41) is 9.39. The van der Waals surface area contributed by atoms with Crippen molar-refractivity contribution in [3.05, 3.63) is 41.3 Å². The second-order valence-electron chi connectivity index (χ2n) is 6.71. The molecule has 0 aromatic carbocycles. The number of aromatic carboxylic acids is 1. The van der Waals surface area contributed by atoms with Gasteiger partial charge in [-0.2, -0.15) is 0 Å². The van der Waals surface area contributed by atoms with Crippen molar-refractivity contribution >= 4 is 12.1 Å². The largest absolute Gasteiger partial charge is 0.477 e. The summed E-state index contributed by atoms with van der Waals surface area (Å²) in [6.45, 7) is 5.84. The van der Waals surface area contributed by atoms with Crippen molar-refractivity contribution in [3.63, 3.8) is 0 Å². The molecule has 0 unspecified atom stereocenters. The summed E-state index contributed by atoms with van der Waals surface area (Å²) in [5.41, 5.74) is 2.20. The highest BCUT2D eigenvalue weighted by Gasteiger charge is 2.30. The van der Waals surface area contributed by atoms with Gasteiger partial charge in [0.15, 0.2) is 0 Å². The maximum atomic E-state index is 12.5. The topological polar surface area (TPSA) is 95.5 Å². The Morgan fingerprint density at radius 1 is 1.33 bits per heavy atom. The number of hydrogen-bond acceptors (Lipinski definition) is 4. The van der Waals surface area contributed by atoms with Gasteiger partial charge in [-0.1, -0.05) is 6.07 Å². The van der Waals surface area contributed by atoms with E-state index in [4.69, 9.17) is 4.74 Å². The van der Waals surface area contributed by atoms with Crippen molar-refractivity contribution in [3.8, 4) is 11.3 Å². The van der Waals surface area contributed by atoms with Gasteiger partial charge in [-0.25, -0.2) is 9.59 Å². The molecule has 7 nitrogen and oxygen atoms in total. The van der Waals surface area contributed by atoms with E-state index < -0.39 is 17.7 Å². The molecule has 2 aromatic rings. The van der Waals surface area contributed by atoms with Gasteiger partial charge in [0.1, 0.15) is 11.3 Å². The molecule has 2 aromatic heterocycles. The molecule has 2 N–H and O–H groups in total. The van der Waals surface area contributed by atoms with Crippen molar-refractivity contribution in [1.82, 2.24) is 14.9 Å². The lowest BCUT2D eigenvalue weighted by Gasteiger charge is -2.26. The zero-order valence-electron chi connectivity index (χ0n) is 13.8. The van der Waals surface area contributed by atoms with Crippen molar-refractivity contribution in [2.45, 2.75) is 39.5 Å². The highest BCUT2D eigenvalue weighted by Crippen LogP contribution is 2.33. The molecule has 0 saturated heterocycles. The minimum Gasteiger partial charge on any atom is -0.477 e. The number of hydrogen-bond donors (Lipinski definition) is 2. The van der Waals surface area contributed by atoms with Gasteiger partial charge >= 0.3 is 12.1 Å². The lowest BCUT2D eigenvalue weighted by atomic mass is 10.1. The van der Waals surface area contributed by atoms with Crippen LogP contribution in [0.1, 0.15) is 42.4 Å². The van der Waals surface area contributed by atoms with Gasteiger partial charge < -0.3 is 14.8 Å². The van der Waals surface area contributed by atoms with E-state index in [1.54, 1.807) is 39.2 Å². The van der Waals surface area contributed by atoms with Crippen LogP contribution in [0, 0.1) is 0 Å². The second kappa shape index (κ2) is 5.67. The van der Waals surface area contributed by atoms with Crippen molar-refractivity contribution in [2.75, 3.05) is 0 Å². The van der Waals surface area contributed by atoms with Gasteiger partial charge in [-0.05, 0) is 32.4 Å². The number of amides is 1. The highest BCUT2D eigenvalue weighted by atomic mass is 16.6. The van der Waals surface area contributed by atoms with Crippen LogP contribution in [-0.4, -0.2) is 37.6 Å². The molecule has 24 heavy (non-hydrogen) atoms. The quantitative estimate of drug-likeness (QED) is 0.838. The molecule has 0 aliphatic carbocycles. The van der Waals surface area contributed by atoms with Gasteiger partial charge in [0.25, 0.3) is 0 Å². The molecule has 3 rings (SSSR count). The van der Waals surface area contributed by atoms with Crippen LogP contribution in [0.5, 0.6) is 0 Å². The fraction of sp³-hybridized carbons (Fsp3) is 0.353. The van der Waals surface area contributed by atoms with Gasteiger partial charge in [-0.3, -0.25) is 9.88 Å². The predicted octanol–water partition coefficient (Wildman–Crippen LogP) is 3.03. The first-order valence-corrected chi connectivity index (χ1v) is 7.62. The highest BCUT2D eigenvalue weighted by molar-refractivity contribution is 5.91. The Morgan fingerprint density at radius 3 is 2.75 bits per heavy atom. The van der Waals surface area contributed by atoms with Crippen LogP contribution in [0.2, 0.25) is 0 Å². The Bertz CT molecular complexity index is 804. The number of pyridine rings is 1. The zero-order chi connectivity index (χ0) is 17.5. The van der Waals surface area contributed by atoms with Crippen LogP contribution >= 0.6 is 0 Å². The van der Waals surface area contributed by atoms with Crippen LogP contribution in [0.15, 0.2) is 24.5 Å². The summed E-state index contributed by atoms with van der Waals surface area (Å²) in [6, 6.07) is 3.67. The number of aromatic amines is 1. The van der Waals surface area contributed by atoms with Crippen LogP contribution < -0.4 is 0 Å². The number of nitrogens with one attached hydrogen (secondary N) is 1. The molecule has 1 aliphatic heterocycles.